The zero-order valence-corrected chi connectivity index (χ0v) is 15.6. The van der Waals surface area contributed by atoms with Crippen molar-refractivity contribution >= 4 is 12.0 Å². The van der Waals surface area contributed by atoms with Gasteiger partial charge in [0.1, 0.15) is 13.2 Å². The fraction of sp³-hybridized carbons (Fsp3) is 0.429. The first kappa shape index (κ1) is 17.6. The molecule has 2 aromatic rings. The smallest absolute Gasteiger partial charge is 0.244 e. The van der Waals surface area contributed by atoms with Gasteiger partial charge in [0.2, 0.25) is 5.91 Å². The van der Waals surface area contributed by atoms with Gasteiger partial charge in [-0.2, -0.15) is 5.10 Å². The van der Waals surface area contributed by atoms with E-state index in [-0.39, 0.29) is 11.3 Å². The van der Waals surface area contributed by atoms with Gasteiger partial charge in [-0.25, -0.2) is 0 Å². The highest BCUT2D eigenvalue weighted by molar-refractivity contribution is 5.91. The van der Waals surface area contributed by atoms with E-state index in [9.17, 15) is 4.79 Å². The lowest BCUT2D eigenvalue weighted by Crippen LogP contribution is -2.38. The van der Waals surface area contributed by atoms with Gasteiger partial charge < -0.3 is 14.8 Å². The Kier molecular flexibility index (Phi) is 4.88. The van der Waals surface area contributed by atoms with E-state index in [4.69, 9.17) is 9.47 Å². The van der Waals surface area contributed by atoms with Gasteiger partial charge in [-0.1, -0.05) is 18.9 Å². The summed E-state index contributed by atoms with van der Waals surface area (Å²) >= 11 is 0. The molecule has 0 atom stereocenters. The van der Waals surface area contributed by atoms with Gasteiger partial charge in [-0.3, -0.25) is 9.48 Å². The van der Waals surface area contributed by atoms with Crippen LogP contribution in [-0.4, -0.2) is 35.4 Å². The van der Waals surface area contributed by atoms with E-state index in [2.05, 4.69) is 22.5 Å². The van der Waals surface area contributed by atoms with Gasteiger partial charge in [0.15, 0.2) is 11.5 Å². The molecule has 0 saturated heterocycles. The molecule has 1 amide bonds. The largest absolute Gasteiger partial charge is 0.486 e. The molecule has 1 saturated carbocycles. The maximum atomic E-state index is 12.3. The summed E-state index contributed by atoms with van der Waals surface area (Å²) in [6.07, 6.45) is 11.5. The van der Waals surface area contributed by atoms with Crippen LogP contribution in [0.3, 0.4) is 0 Å². The summed E-state index contributed by atoms with van der Waals surface area (Å²) in [7, 11) is 1.86. The molecule has 0 radical (unpaired) electrons. The molecule has 2 heterocycles. The van der Waals surface area contributed by atoms with Crippen LogP contribution < -0.4 is 14.8 Å². The van der Waals surface area contributed by atoms with Gasteiger partial charge in [0, 0.05) is 36.8 Å². The van der Waals surface area contributed by atoms with Gasteiger partial charge in [0.25, 0.3) is 0 Å². The molecular formula is C21H25N3O3. The third-order valence-corrected chi connectivity index (χ3v) is 5.47. The monoisotopic (exact) mass is 367 g/mol. The lowest BCUT2D eigenvalue weighted by atomic mass is 9.78. The van der Waals surface area contributed by atoms with E-state index in [0.29, 0.717) is 19.8 Å². The Morgan fingerprint density at radius 1 is 1.26 bits per heavy atom. The molecule has 6 nitrogen and oxygen atoms in total. The number of benzene rings is 1. The number of nitrogens with one attached hydrogen (secondary N) is 1. The van der Waals surface area contributed by atoms with Crippen LogP contribution in [0.15, 0.2) is 36.7 Å². The maximum absolute atomic E-state index is 12.3. The number of carbonyl (C=O) groups excluding carboxylic acids is 1. The first-order chi connectivity index (χ1) is 13.1. The molecule has 0 unspecified atom stereocenters. The predicted octanol–water partition coefficient (Wildman–Crippen LogP) is 2.83. The SMILES string of the molecule is Cn1cc(/C=C\C(=O)NCC2(c3ccc4c(c3)OCCO4)CCCC2)cn1. The number of hydrogen-bond acceptors (Lipinski definition) is 4. The highest BCUT2D eigenvalue weighted by Crippen LogP contribution is 2.43. The Morgan fingerprint density at radius 2 is 2.04 bits per heavy atom. The van der Waals surface area contributed by atoms with Gasteiger partial charge >= 0.3 is 0 Å². The Morgan fingerprint density at radius 3 is 2.78 bits per heavy atom. The lowest BCUT2D eigenvalue weighted by Gasteiger charge is -2.31. The Hall–Kier alpha value is -2.76. The second-order valence-electron chi connectivity index (χ2n) is 7.34. The summed E-state index contributed by atoms with van der Waals surface area (Å²) in [5.41, 5.74) is 2.10. The number of aryl methyl sites for hydroxylation is 1. The van der Waals surface area contributed by atoms with Crippen molar-refractivity contribution in [1.29, 1.82) is 0 Å². The molecule has 0 spiro atoms. The predicted molar refractivity (Wildman–Crippen MR) is 103 cm³/mol. The molecule has 4 rings (SSSR count). The van der Waals surface area contributed by atoms with Crippen LogP contribution in [0.4, 0.5) is 0 Å². The van der Waals surface area contributed by atoms with Crippen molar-refractivity contribution in [3.05, 3.63) is 47.8 Å². The number of fused-ring (bicyclic) bond motifs is 1. The van der Waals surface area contributed by atoms with Crippen molar-refractivity contribution in [2.24, 2.45) is 7.05 Å². The summed E-state index contributed by atoms with van der Waals surface area (Å²) in [6, 6.07) is 6.21. The molecule has 0 bridgehead atoms. The van der Waals surface area contributed by atoms with E-state index < -0.39 is 0 Å². The number of rotatable bonds is 5. The molecule has 6 heteroatoms. The molecule has 1 aromatic carbocycles. The number of nitrogens with zero attached hydrogens (tertiary/aromatic N) is 2. The molecule has 1 aliphatic heterocycles. The van der Waals surface area contributed by atoms with Crippen LogP contribution in [-0.2, 0) is 17.3 Å². The zero-order valence-electron chi connectivity index (χ0n) is 15.6. The summed E-state index contributed by atoms with van der Waals surface area (Å²) in [6.45, 7) is 1.80. The van der Waals surface area contributed by atoms with E-state index in [1.807, 2.05) is 19.3 Å². The Labute approximate surface area is 159 Å². The number of carbonyl (C=O) groups is 1. The fourth-order valence-electron chi connectivity index (χ4n) is 4.01. The van der Waals surface area contributed by atoms with Crippen molar-refractivity contribution < 1.29 is 14.3 Å². The van der Waals surface area contributed by atoms with Crippen LogP contribution in [0.25, 0.3) is 6.08 Å². The van der Waals surface area contributed by atoms with Gasteiger partial charge in [0.05, 0.1) is 6.20 Å². The maximum Gasteiger partial charge on any atom is 0.244 e. The number of hydrogen-bond donors (Lipinski definition) is 1. The van der Waals surface area contributed by atoms with E-state index >= 15 is 0 Å². The summed E-state index contributed by atoms with van der Waals surface area (Å²) < 4.78 is 13.1. The number of aromatic nitrogens is 2. The van der Waals surface area contributed by atoms with Crippen LogP contribution in [0.2, 0.25) is 0 Å². The third-order valence-electron chi connectivity index (χ3n) is 5.47. The lowest BCUT2D eigenvalue weighted by molar-refractivity contribution is -0.116. The van der Waals surface area contributed by atoms with E-state index in [1.165, 1.54) is 18.4 Å². The van der Waals surface area contributed by atoms with E-state index in [0.717, 1.165) is 29.9 Å². The summed E-state index contributed by atoms with van der Waals surface area (Å²) in [5.74, 6) is 1.54. The minimum Gasteiger partial charge on any atom is -0.486 e. The first-order valence-electron chi connectivity index (χ1n) is 9.49. The highest BCUT2D eigenvalue weighted by Gasteiger charge is 2.36. The molecule has 142 valence electrons. The van der Waals surface area contributed by atoms with Crippen molar-refractivity contribution in [2.45, 2.75) is 31.1 Å². The van der Waals surface area contributed by atoms with Crippen LogP contribution >= 0.6 is 0 Å². The third kappa shape index (κ3) is 3.84. The van der Waals surface area contributed by atoms with Crippen molar-refractivity contribution in [3.8, 4) is 11.5 Å². The molecule has 1 N–H and O–H groups in total. The average Bonchev–Trinajstić information content (AvgIpc) is 3.34. The van der Waals surface area contributed by atoms with Crippen LogP contribution in [0, 0.1) is 0 Å². The van der Waals surface area contributed by atoms with Crippen molar-refractivity contribution in [2.75, 3.05) is 19.8 Å². The normalized spacial score (nSPS) is 18.0. The van der Waals surface area contributed by atoms with Crippen LogP contribution in [0.1, 0.15) is 36.8 Å². The van der Waals surface area contributed by atoms with Gasteiger partial charge in [-0.15, -0.1) is 0 Å². The zero-order chi connectivity index (χ0) is 18.7. The molecule has 1 aromatic heterocycles. The molecule has 1 fully saturated rings. The van der Waals surface area contributed by atoms with Crippen molar-refractivity contribution in [3.63, 3.8) is 0 Å². The van der Waals surface area contributed by atoms with Crippen LogP contribution in [0.5, 0.6) is 11.5 Å². The fourth-order valence-corrected chi connectivity index (χ4v) is 4.01. The highest BCUT2D eigenvalue weighted by atomic mass is 16.6. The summed E-state index contributed by atoms with van der Waals surface area (Å²) in [4.78, 5) is 12.3. The minimum absolute atomic E-state index is 0.0341. The first-order valence-corrected chi connectivity index (χ1v) is 9.49. The van der Waals surface area contributed by atoms with Gasteiger partial charge in [-0.05, 0) is 36.6 Å². The Bertz CT molecular complexity index is 850. The molecular weight excluding hydrogens is 342 g/mol. The quantitative estimate of drug-likeness (QED) is 0.826. The number of ether oxygens (including phenoxy) is 2. The average molecular weight is 367 g/mol. The molecule has 2 aliphatic rings. The van der Waals surface area contributed by atoms with Crippen molar-refractivity contribution in [1.82, 2.24) is 15.1 Å². The second kappa shape index (κ2) is 7.47. The number of amides is 1. The molecule has 1 aliphatic carbocycles. The van der Waals surface area contributed by atoms with E-state index in [1.54, 1.807) is 23.0 Å². The molecule has 27 heavy (non-hydrogen) atoms. The summed E-state index contributed by atoms with van der Waals surface area (Å²) in [5, 5.41) is 7.20. The topological polar surface area (TPSA) is 65.4 Å². The minimum atomic E-state index is -0.0809. The Balaban J connectivity index is 1.46. The standard InChI is InChI=1S/C21H25N3O3/c1-24-14-16(13-23-24)4-7-20(25)22-15-21(8-2-3-9-21)17-5-6-18-19(12-17)27-11-10-26-18/h4-7,12-14H,2-3,8-11,15H2,1H3,(H,22,25)/b7-4-. The second-order valence-corrected chi connectivity index (χ2v) is 7.34.